The first-order valence-corrected chi connectivity index (χ1v) is 6.44. The van der Waals surface area contributed by atoms with Crippen LogP contribution in [0.1, 0.15) is 25.7 Å². The van der Waals surface area contributed by atoms with Crippen molar-refractivity contribution in [1.29, 1.82) is 0 Å². The van der Waals surface area contributed by atoms with Crippen LogP contribution in [0.15, 0.2) is 23.0 Å². The van der Waals surface area contributed by atoms with Crippen molar-refractivity contribution in [3.8, 4) is 11.3 Å². The van der Waals surface area contributed by atoms with Crippen molar-refractivity contribution in [3.63, 3.8) is 0 Å². The molecule has 0 aromatic carbocycles. The lowest BCUT2D eigenvalue weighted by molar-refractivity contribution is 0.491. The summed E-state index contributed by atoms with van der Waals surface area (Å²) in [5, 5.41) is 7.48. The van der Waals surface area contributed by atoms with Gasteiger partial charge in [-0.05, 0) is 25.9 Å². The number of oxazole rings is 1. The molecule has 2 aromatic heterocycles. The van der Waals surface area contributed by atoms with Crippen LogP contribution in [-0.4, -0.2) is 27.9 Å². The Bertz CT molecular complexity index is 475. The highest BCUT2D eigenvalue weighted by Crippen LogP contribution is 2.19. The molecule has 0 aliphatic rings. The number of aryl methyl sites for hydroxylation is 2. The van der Waals surface area contributed by atoms with Crippen LogP contribution in [0, 0.1) is 0 Å². The van der Waals surface area contributed by atoms with Crippen LogP contribution in [0.5, 0.6) is 0 Å². The van der Waals surface area contributed by atoms with E-state index in [9.17, 15) is 0 Å². The minimum Gasteiger partial charge on any atom is -0.441 e. The van der Waals surface area contributed by atoms with E-state index in [1.165, 1.54) is 6.42 Å². The summed E-state index contributed by atoms with van der Waals surface area (Å²) in [7, 11) is 1.89. The van der Waals surface area contributed by atoms with Crippen molar-refractivity contribution >= 4 is 0 Å². The van der Waals surface area contributed by atoms with Gasteiger partial charge in [0.15, 0.2) is 11.7 Å². The highest BCUT2D eigenvalue weighted by atomic mass is 16.4. The molecule has 0 aliphatic carbocycles. The summed E-state index contributed by atoms with van der Waals surface area (Å²) in [6.07, 6.45) is 8.57. The molecule has 2 rings (SSSR count). The molecule has 0 atom stereocenters. The Labute approximate surface area is 107 Å². The van der Waals surface area contributed by atoms with Crippen molar-refractivity contribution in [2.45, 2.75) is 26.2 Å². The zero-order valence-corrected chi connectivity index (χ0v) is 11.0. The van der Waals surface area contributed by atoms with Gasteiger partial charge in [-0.1, -0.05) is 6.92 Å². The van der Waals surface area contributed by atoms with Crippen LogP contribution in [0.25, 0.3) is 11.3 Å². The highest BCUT2D eigenvalue weighted by molar-refractivity contribution is 5.53. The molecule has 2 heterocycles. The normalized spacial score (nSPS) is 11.0. The van der Waals surface area contributed by atoms with E-state index in [2.05, 4.69) is 22.3 Å². The molecule has 18 heavy (non-hydrogen) atoms. The Morgan fingerprint density at radius 1 is 1.33 bits per heavy atom. The second kappa shape index (κ2) is 6.35. The van der Waals surface area contributed by atoms with Gasteiger partial charge in [-0.15, -0.1) is 0 Å². The highest BCUT2D eigenvalue weighted by Gasteiger charge is 2.07. The van der Waals surface area contributed by atoms with E-state index < -0.39 is 0 Å². The fourth-order valence-corrected chi connectivity index (χ4v) is 1.77. The number of nitrogens with one attached hydrogen (secondary N) is 1. The van der Waals surface area contributed by atoms with E-state index in [-0.39, 0.29) is 0 Å². The molecule has 5 heteroatoms. The summed E-state index contributed by atoms with van der Waals surface area (Å²) in [5.74, 6) is 1.59. The molecule has 0 amide bonds. The third kappa shape index (κ3) is 3.43. The SMILES string of the molecule is CCCNCCCc1ncc(-c2cnn(C)c2)o1. The third-order valence-electron chi connectivity index (χ3n) is 2.71. The van der Waals surface area contributed by atoms with Crippen molar-refractivity contribution in [2.24, 2.45) is 7.05 Å². The predicted molar refractivity (Wildman–Crippen MR) is 70.2 cm³/mol. The quantitative estimate of drug-likeness (QED) is 0.761. The zero-order valence-electron chi connectivity index (χ0n) is 11.0. The molecule has 98 valence electrons. The van der Waals surface area contributed by atoms with Crippen LogP contribution in [0.4, 0.5) is 0 Å². The van der Waals surface area contributed by atoms with Crippen molar-refractivity contribution in [2.75, 3.05) is 13.1 Å². The predicted octanol–water partition coefficient (Wildman–Crippen LogP) is 2.01. The summed E-state index contributed by atoms with van der Waals surface area (Å²) in [4.78, 5) is 4.29. The van der Waals surface area contributed by atoms with E-state index in [1.54, 1.807) is 17.1 Å². The van der Waals surface area contributed by atoms with Gasteiger partial charge in [-0.25, -0.2) is 4.98 Å². The Balaban J connectivity index is 1.83. The molecule has 5 nitrogen and oxygen atoms in total. The fraction of sp³-hybridized carbons (Fsp3) is 0.538. The molecule has 0 fully saturated rings. The zero-order chi connectivity index (χ0) is 12.8. The van der Waals surface area contributed by atoms with Crippen LogP contribution in [0.2, 0.25) is 0 Å². The molecule has 2 aromatic rings. The van der Waals surface area contributed by atoms with Crippen molar-refractivity contribution in [3.05, 3.63) is 24.5 Å². The number of nitrogens with zero attached hydrogens (tertiary/aromatic N) is 3. The van der Waals surface area contributed by atoms with Gasteiger partial charge in [0.25, 0.3) is 0 Å². The average Bonchev–Trinajstić information content (AvgIpc) is 2.97. The fourth-order valence-electron chi connectivity index (χ4n) is 1.77. The first-order chi connectivity index (χ1) is 8.79. The molecular weight excluding hydrogens is 228 g/mol. The van der Waals surface area contributed by atoms with Gasteiger partial charge in [0.05, 0.1) is 18.0 Å². The lowest BCUT2D eigenvalue weighted by Crippen LogP contribution is -2.16. The van der Waals surface area contributed by atoms with Gasteiger partial charge in [0.1, 0.15) is 0 Å². The number of rotatable bonds is 7. The maximum absolute atomic E-state index is 5.70. The maximum Gasteiger partial charge on any atom is 0.194 e. The Hall–Kier alpha value is -1.62. The smallest absolute Gasteiger partial charge is 0.194 e. The summed E-state index contributed by atoms with van der Waals surface area (Å²) >= 11 is 0. The van der Waals surface area contributed by atoms with E-state index in [0.717, 1.165) is 43.1 Å². The van der Waals surface area contributed by atoms with Gasteiger partial charge >= 0.3 is 0 Å². The van der Waals surface area contributed by atoms with Crippen LogP contribution >= 0.6 is 0 Å². The molecule has 0 aliphatic heterocycles. The monoisotopic (exact) mass is 248 g/mol. The first kappa shape index (κ1) is 12.8. The summed E-state index contributed by atoms with van der Waals surface area (Å²) < 4.78 is 7.45. The van der Waals surface area contributed by atoms with Crippen LogP contribution in [0.3, 0.4) is 0 Å². The van der Waals surface area contributed by atoms with E-state index in [0.29, 0.717) is 0 Å². The van der Waals surface area contributed by atoms with E-state index in [4.69, 9.17) is 4.42 Å². The van der Waals surface area contributed by atoms with Crippen LogP contribution in [-0.2, 0) is 13.5 Å². The molecule has 0 radical (unpaired) electrons. The standard InChI is InChI=1S/C13H20N4O/c1-3-6-14-7-4-5-13-15-9-12(18-13)11-8-16-17(2)10-11/h8-10,14H,3-7H2,1-2H3. The van der Waals surface area contributed by atoms with Gasteiger partial charge in [0, 0.05) is 19.7 Å². The summed E-state index contributed by atoms with van der Waals surface area (Å²) in [6, 6.07) is 0. The Morgan fingerprint density at radius 3 is 2.94 bits per heavy atom. The van der Waals surface area contributed by atoms with Gasteiger partial charge < -0.3 is 9.73 Å². The second-order valence-electron chi connectivity index (χ2n) is 4.37. The first-order valence-electron chi connectivity index (χ1n) is 6.44. The number of hydrogen-bond acceptors (Lipinski definition) is 4. The van der Waals surface area contributed by atoms with Crippen molar-refractivity contribution in [1.82, 2.24) is 20.1 Å². The second-order valence-corrected chi connectivity index (χ2v) is 4.37. The lowest BCUT2D eigenvalue weighted by Gasteiger charge is -2.00. The number of aromatic nitrogens is 3. The van der Waals surface area contributed by atoms with Gasteiger partial charge in [0.2, 0.25) is 0 Å². The minimum absolute atomic E-state index is 0.791. The van der Waals surface area contributed by atoms with Crippen molar-refractivity contribution < 1.29 is 4.42 Å². The van der Waals surface area contributed by atoms with Gasteiger partial charge in [-0.2, -0.15) is 5.10 Å². The third-order valence-corrected chi connectivity index (χ3v) is 2.71. The molecule has 0 saturated carbocycles. The van der Waals surface area contributed by atoms with E-state index >= 15 is 0 Å². The summed E-state index contributed by atoms with van der Waals surface area (Å²) in [6.45, 7) is 4.26. The molecule has 0 spiro atoms. The van der Waals surface area contributed by atoms with E-state index in [1.807, 2.05) is 13.2 Å². The lowest BCUT2D eigenvalue weighted by atomic mass is 10.3. The molecule has 0 unspecified atom stereocenters. The molecule has 0 saturated heterocycles. The Kier molecular flexibility index (Phi) is 4.52. The molecular formula is C13H20N4O. The molecule has 0 bridgehead atoms. The largest absolute Gasteiger partial charge is 0.441 e. The van der Waals surface area contributed by atoms with Gasteiger partial charge in [-0.3, -0.25) is 4.68 Å². The summed E-state index contributed by atoms with van der Waals surface area (Å²) in [5.41, 5.74) is 0.973. The minimum atomic E-state index is 0.791. The number of hydrogen-bond donors (Lipinski definition) is 1. The maximum atomic E-state index is 5.70. The molecule has 1 N–H and O–H groups in total. The topological polar surface area (TPSA) is 55.9 Å². The Morgan fingerprint density at radius 2 is 2.22 bits per heavy atom. The van der Waals surface area contributed by atoms with Crippen LogP contribution < -0.4 is 5.32 Å². The average molecular weight is 248 g/mol.